The Bertz CT molecular complexity index is 73.3. The summed E-state index contributed by atoms with van der Waals surface area (Å²) < 4.78 is 9.71. The molecule has 0 fully saturated rings. The number of aliphatic hydroxyl groups excluding tert-OH is 1. The highest BCUT2D eigenvalue weighted by atomic mass is 16.6. The molecule has 0 saturated carbocycles. The van der Waals surface area contributed by atoms with Gasteiger partial charge in [0.15, 0.2) is 6.29 Å². The molecule has 0 heterocycles. The molecule has 1 unspecified atom stereocenters. The van der Waals surface area contributed by atoms with Crippen LogP contribution in [0.3, 0.4) is 0 Å². The van der Waals surface area contributed by atoms with E-state index >= 15 is 0 Å². The minimum absolute atomic E-state index is 0.150. The Labute approximate surface area is 62.0 Å². The Hall–Kier alpha value is -0.120. The van der Waals surface area contributed by atoms with Gasteiger partial charge in [0.05, 0.1) is 13.2 Å². The van der Waals surface area contributed by atoms with Gasteiger partial charge in [-0.05, 0) is 0 Å². The van der Waals surface area contributed by atoms with E-state index in [2.05, 4.69) is 0 Å². The molecular formula is C7H16O3. The van der Waals surface area contributed by atoms with Crippen molar-refractivity contribution in [2.45, 2.75) is 20.1 Å². The molecule has 0 radical (unpaired) electrons. The molecule has 62 valence electrons. The Morgan fingerprint density at radius 3 is 2.30 bits per heavy atom. The topological polar surface area (TPSA) is 38.7 Å². The number of rotatable bonds is 5. The van der Waals surface area contributed by atoms with Crippen molar-refractivity contribution < 1.29 is 14.6 Å². The zero-order valence-electron chi connectivity index (χ0n) is 6.83. The molecule has 0 amide bonds. The van der Waals surface area contributed by atoms with E-state index in [1.165, 1.54) is 0 Å². The number of hydrogen-bond acceptors (Lipinski definition) is 3. The third-order valence-electron chi connectivity index (χ3n) is 1.15. The molecule has 0 aromatic rings. The van der Waals surface area contributed by atoms with Crippen LogP contribution in [0.1, 0.15) is 13.8 Å². The van der Waals surface area contributed by atoms with Gasteiger partial charge in [-0.25, -0.2) is 0 Å². The van der Waals surface area contributed by atoms with E-state index in [1.54, 1.807) is 7.11 Å². The maximum Gasteiger partial charge on any atom is 0.156 e. The SMILES string of the molecule is COCCOC(O)C(C)C. The highest BCUT2D eigenvalue weighted by Crippen LogP contribution is 2.01. The molecule has 0 aliphatic carbocycles. The van der Waals surface area contributed by atoms with Crippen molar-refractivity contribution >= 4 is 0 Å². The highest BCUT2D eigenvalue weighted by Gasteiger charge is 2.07. The molecule has 0 aliphatic heterocycles. The molecule has 0 rings (SSSR count). The molecule has 3 nitrogen and oxygen atoms in total. The summed E-state index contributed by atoms with van der Waals surface area (Å²) in [6.07, 6.45) is -0.657. The lowest BCUT2D eigenvalue weighted by atomic mass is 10.2. The molecule has 0 aromatic carbocycles. The predicted molar refractivity (Wildman–Crippen MR) is 38.7 cm³/mol. The summed E-state index contributed by atoms with van der Waals surface area (Å²) in [5.41, 5.74) is 0. The summed E-state index contributed by atoms with van der Waals surface area (Å²) in [4.78, 5) is 0. The minimum atomic E-state index is -0.657. The van der Waals surface area contributed by atoms with Crippen molar-refractivity contribution in [1.82, 2.24) is 0 Å². The van der Waals surface area contributed by atoms with Crippen LogP contribution in [0, 0.1) is 5.92 Å². The van der Waals surface area contributed by atoms with Crippen LogP contribution in [0.5, 0.6) is 0 Å². The Balaban J connectivity index is 3.13. The van der Waals surface area contributed by atoms with Crippen LogP contribution in [-0.2, 0) is 9.47 Å². The summed E-state index contributed by atoms with van der Waals surface area (Å²) in [6.45, 7) is 4.79. The lowest BCUT2D eigenvalue weighted by molar-refractivity contribution is -0.134. The number of aliphatic hydroxyl groups is 1. The van der Waals surface area contributed by atoms with Gasteiger partial charge in [-0.3, -0.25) is 0 Å². The van der Waals surface area contributed by atoms with Crippen LogP contribution >= 0.6 is 0 Å². The van der Waals surface area contributed by atoms with E-state index in [0.717, 1.165) is 0 Å². The third kappa shape index (κ3) is 4.73. The predicted octanol–water partition coefficient (Wildman–Crippen LogP) is 0.624. The van der Waals surface area contributed by atoms with Gasteiger partial charge >= 0.3 is 0 Å². The van der Waals surface area contributed by atoms with E-state index in [-0.39, 0.29) is 5.92 Å². The second kappa shape index (κ2) is 5.65. The fourth-order valence-corrected chi connectivity index (χ4v) is 0.445. The fraction of sp³-hybridized carbons (Fsp3) is 1.00. The van der Waals surface area contributed by atoms with E-state index in [9.17, 15) is 0 Å². The van der Waals surface area contributed by atoms with Crippen molar-refractivity contribution in [3.63, 3.8) is 0 Å². The summed E-state index contributed by atoms with van der Waals surface area (Å²) in [6, 6.07) is 0. The van der Waals surface area contributed by atoms with Gasteiger partial charge in [0.1, 0.15) is 0 Å². The van der Waals surface area contributed by atoms with Crippen molar-refractivity contribution in [3.05, 3.63) is 0 Å². The lowest BCUT2D eigenvalue weighted by Crippen LogP contribution is -2.20. The number of methoxy groups -OCH3 is 1. The van der Waals surface area contributed by atoms with Gasteiger partial charge in [0.2, 0.25) is 0 Å². The van der Waals surface area contributed by atoms with Crippen molar-refractivity contribution in [3.8, 4) is 0 Å². The largest absolute Gasteiger partial charge is 0.382 e. The monoisotopic (exact) mass is 148 g/mol. The first-order valence-corrected chi connectivity index (χ1v) is 3.47. The van der Waals surface area contributed by atoms with Gasteiger partial charge in [0, 0.05) is 13.0 Å². The van der Waals surface area contributed by atoms with E-state index in [0.29, 0.717) is 13.2 Å². The van der Waals surface area contributed by atoms with Gasteiger partial charge < -0.3 is 14.6 Å². The molecule has 1 N–H and O–H groups in total. The maximum atomic E-state index is 9.08. The zero-order valence-corrected chi connectivity index (χ0v) is 6.83. The molecule has 3 heteroatoms. The average molecular weight is 148 g/mol. The first-order chi connectivity index (χ1) is 4.68. The molecule has 1 atom stereocenters. The normalized spacial score (nSPS) is 14.1. The maximum absolute atomic E-state index is 9.08. The summed E-state index contributed by atoms with van der Waals surface area (Å²) in [5, 5.41) is 9.08. The third-order valence-corrected chi connectivity index (χ3v) is 1.15. The lowest BCUT2D eigenvalue weighted by Gasteiger charge is -2.14. The number of ether oxygens (including phenoxy) is 2. The Morgan fingerprint density at radius 2 is 1.90 bits per heavy atom. The van der Waals surface area contributed by atoms with Gasteiger partial charge in [-0.1, -0.05) is 13.8 Å². The quantitative estimate of drug-likeness (QED) is 0.459. The van der Waals surface area contributed by atoms with Crippen LogP contribution in [0.2, 0.25) is 0 Å². The first kappa shape index (κ1) is 9.88. The molecular weight excluding hydrogens is 132 g/mol. The minimum Gasteiger partial charge on any atom is -0.382 e. The Kier molecular flexibility index (Phi) is 5.58. The molecule has 0 aromatic heterocycles. The average Bonchev–Trinajstić information content (AvgIpc) is 1.88. The van der Waals surface area contributed by atoms with Crippen molar-refractivity contribution in [2.75, 3.05) is 20.3 Å². The van der Waals surface area contributed by atoms with Gasteiger partial charge in [0.25, 0.3) is 0 Å². The van der Waals surface area contributed by atoms with Crippen LogP contribution in [-0.4, -0.2) is 31.7 Å². The molecule has 0 aliphatic rings. The number of hydrogen-bond donors (Lipinski definition) is 1. The summed E-state index contributed by atoms with van der Waals surface area (Å²) >= 11 is 0. The Morgan fingerprint density at radius 1 is 1.30 bits per heavy atom. The first-order valence-electron chi connectivity index (χ1n) is 3.47. The van der Waals surface area contributed by atoms with Crippen molar-refractivity contribution in [1.29, 1.82) is 0 Å². The van der Waals surface area contributed by atoms with E-state index in [1.807, 2.05) is 13.8 Å². The van der Waals surface area contributed by atoms with Crippen LogP contribution in [0.4, 0.5) is 0 Å². The summed E-state index contributed by atoms with van der Waals surface area (Å²) in [5.74, 6) is 0.150. The molecule has 0 spiro atoms. The van der Waals surface area contributed by atoms with E-state index in [4.69, 9.17) is 14.6 Å². The molecule has 0 saturated heterocycles. The fourth-order valence-electron chi connectivity index (χ4n) is 0.445. The van der Waals surface area contributed by atoms with Gasteiger partial charge in [-0.2, -0.15) is 0 Å². The second-order valence-electron chi connectivity index (χ2n) is 2.50. The van der Waals surface area contributed by atoms with Crippen LogP contribution in [0.25, 0.3) is 0 Å². The summed E-state index contributed by atoms with van der Waals surface area (Å²) in [7, 11) is 1.60. The van der Waals surface area contributed by atoms with Crippen LogP contribution in [0.15, 0.2) is 0 Å². The van der Waals surface area contributed by atoms with E-state index < -0.39 is 6.29 Å². The highest BCUT2D eigenvalue weighted by molar-refractivity contribution is 4.45. The molecule has 10 heavy (non-hydrogen) atoms. The van der Waals surface area contributed by atoms with Crippen molar-refractivity contribution in [2.24, 2.45) is 5.92 Å². The zero-order chi connectivity index (χ0) is 7.98. The standard InChI is InChI=1S/C7H16O3/c1-6(2)7(8)10-5-4-9-3/h6-8H,4-5H2,1-3H3. The van der Waals surface area contributed by atoms with Gasteiger partial charge in [-0.15, -0.1) is 0 Å². The smallest absolute Gasteiger partial charge is 0.156 e. The second-order valence-corrected chi connectivity index (χ2v) is 2.50. The molecule has 0 bridgehead atoms. The van der Waals surface area contributed by atoms with Crippen LogP contribution < -0.4 is 0 Å².